The van der Waals surface area contributed by atoms with Crippen LogP contribution in [0.1, 0.15) is 44.1 Å². The Hall–Kier alpha value is -1.28. The highest BCUT2D eigenvalue weighted by Crippen LogP contribution is 2.46. The van der Waals surface area contributed by atoms with Gasteiger partial charge in [0.2, 0.25) is 10.0 Å². The molecule has 1 aromatic carbocycles. The molecule has 24 heavy (non-hydrogen) atoms. The van der Waals surface area contributed by atoms with E-state index in [0.29, 0.717) is 11.8 Å². The summed E-state index contributed by atoms with van der Waals surface area (Å²) in [5, 5.41) is 8.01. The number of alkyl halides is 3. The largest absolute Gasteiger partial charge is 0.417 e. The van der Waals surface area contributed by atoms with Crippen LogP contribution in [0.5, 0.6) is 0 Å². The van der Waals surface area contributed by atoms with Crippen LogP contribution in [0, 0.1) is 11.8 Å². The van der Waals surface area contributed by atoms with E-state index in [1.165, 1.54) is 38.2 Å². The van der Waals surface area contributed by atoms with Crippen molar-refractivity contribution in [1.82, 2.24) is 0 Å². The first-order chi connectivity index (χ1) is 11.2. The van der Waals surface area contributed by atoms with E-state index in [9.17, 15) is 21.6 Å². The fourth-order valence-corrected chi connectivity index (χ4v) is 4.51. The first kappa shape index (κ1) is 17.5. The third kappa shape index (κ3) is 3.85. The predicted octanol–water partition coefficient (Wildman–Crippen LogP) is 3.73. The highest BCUT2D eigenvalue weighted by molar-refractivity contribution is 7.89. The lowest BCUT2D eigenvalue weighted by atomic mass is 9.85. The van der Waals surface area contributed by atoms with Gasteiger partial charge >= 0.3 is 6.18 Å². The summed E-state index contributed by atoms with van der Waals surface area (Å²) in [7, 11) is -4.42. The van der Waals surface area contributed by atoms with Crippen LogP contribution in [0.4, 0.5) is 18.9 Å². The summed E-state index contributed by atoms with van der Waals surface area (Å²) in [4.78, 5) is -0.889. The molecule has 3 N–H and O–H groups in total. The van der Waals surface area contributed by atoms with E-state index < -0.39 is 26.7 Å². The summed E-state index contributed by atoms with van der Waals surface area (Å²) < 4.78 is 62.1. The fourth-order valence-electron chi connectivity index (χ4n) is 3.77. The molecule has 8 heteroatoms. The average Bonchev–Trinajstić information content (AvgIpc) is 3.25. The number of nitrogens with one attached hydrogen (secondary N) is 1. The minimum absolute atomic E-state index is 0.175. The maximum atomic E-state index is 13.1. The number of hydrogen-bond donors (Lipinski definition) is 2. The number of nitrogens with two attached hydrogens (primary N) is 1. The van der Waals surface area contributed by atoms with E-state index in [-0.39, 0.29) is 11.7 Å². The molecule has 1 aromatic rings. The number of halogens is 3. The van der Waals surface area contributed by atoms with Gasteiger partial charge in [-0.05, 0) is 36.5 Å². The van der Waals surface area contributed by atoms with Crippen molar-refractivity contribution in [2.75, 3.05) is 5.32 Å². The Morgan fingerprint density at radius 3 is 2.38 bits per heavy atom. The third-order valence-corrected chi connectivity index (χ3v) is 6.01. The Morgan fingerprint density at radius 2 is 1.79 bits per heavy atom. The molecule has 0 radical (unpaired) electrons. The first-order valence-electron chi connectivity index (χ1n) is 8.17. The van der Waals surface area contributed by atoms with Crippen molar-refractivity contribution in [2.24, 2.45) is 17.0 Å². The maximum Gasteiger partial charge on any atom is 0.417 e. The van der Waals surface area contributed by atoms with Gasteiger partial charge in [0, 0.05) is 11.7 Å². The molecule has 0 aliphatic heterocycles. The summed E-state index contributed by atoms with van der Waals surface area (Å²) in [6, 6.07) is 3.30. The van der Waals surface area contributed by atoms with Crippen LogP contribution in [-0.4, -0.2) is 14.5 Å². The van der Waals surface area contributed by atoms with Crippen LogP contribution in [0.2, 0.25) is 0 Å². The summed E-state index contributed by atoms with van der Waals surface area (Å²) in [5.41, 5.74) is -0.928. The van der Waals surface area contributed by atoms with Crippen molar-refractivity contribution in [1.29, 1.82) is 0 Å². The standard InChI is InChI=1S/C16H21F3N2O2S/c17-16(18,19)13-8-11(6-7-15(13)24(20,22)23)21-14-9-12(14)10-4-2-1-3-5-10/h6-8,10,12,14,21H,1-5,9H2,(H2,20,22,23). The Balaban J connectivity index is 1.76. The molecule has 0 amide bonds. The van der Waals surface area contributed by atoms with Gasteiger partial charge in [0.05, 0.1) is 10.5 Å². The highest BCUT2D eigenvalue weighted by Gasteiger charge is 2.43. The number of hydrogen-bond acceptors (Lipinski definition) is 3. The normalized spacial score (nSPS) is 25.5. The highest BCUT2D eigenvalue weighted by atomic mass is 32.2. The summed E-state index contributed by atoms with van der Waals surface area (Å²) in [5.74, 6) is 1.17. The summed E-state index contributed by atoms with van der Waals surface area (Å²) >= 11 is 0. The molecule has 4 nitrogen and oxygen atoms in total. The van der Waals surface area contributed by atoms with Gasteiger partial charge < -0.3 is 5.32 Å². The molecular weight excluding hydrogens is 341 g/mol. The first-order valence-corrected chi connectivity index (χ1v) is 9.71. The van der Waals surface area contributed by atoms with Crippen molar-refractivity contribution >= 4 is 15.7 Å². The molecule has 0 saturated heterocycles. The van der Waals surface area contributed by atoms with E-state index in [1.54, 1.807) is 0 Å². The molecule has 134 valence electrons. The zero-order valence-electron chi connectivity index (χ0n) is 13.1. The van der Waals surface area contributed by atoms with Crippen molar-refractivity contribution in [3.63, 3.8) is 0 Å². The molecule has 0 heterocycles. The van der Waals surface area contributed by atoms with Crippen molar-refractivity contribution in [2.45, 2.75) is 55.6 Å². The van der Waals surface area contributed by atoms with Crippen LogP contribution in [0.3, 0.4) is 0 Å². The molecule has 0 spiro atoms. The van der Waals surface area contributed by atoms with Crippen LogP contribution < -0.4 is 10.5 Å². The third-order valence-electron chi connectivity index (χ3n) is 5.04. The zero-order chi connectivity index (χ0) is 17.5. The van der Waals surface area contributed by atoms with E-state index in [4.69, 9.17) is 5.14 Å². The van der Waals surface area contributed by atoms with Gasteiger partial charge in [-0.3, -0.25) is 0 Å². The SMILES string of the molecule is NS(=O)(=O)c1ccc(NC2CC2C2CCCCC2)cc1C(F)(F)F. The molecule has 3 rings (SSSR count). The Bertz CT molecular complexity index is 713. The van der Waals surface area contributed by atoms with E-state index in [1.807, 2.05) is 0 Å². The topological polar surface area (TPSA) is 72.2 Å². The van der Waals surface area contributed by atoms with Gasteiger partial charge in [0.25, 0.3) is 0 Å². The zero-order valence-corrected chi connectivity index (χ0v) is 14.0. The van der Waals surface area contributed by atoms with Gasteiger partial charge in [0.1, 0.15) is 0 Å². The second-order valence-corrected chi connectivity index (χ2v) is 8.33. The van der Waals surface area contributed by atoms with Crippen molar-refractivity contribution < 1.29 is 21.6 Å². The monoisotopic (exact) mass is 362 g/mol. The fraction of sp³-hybridized carbons (Fsp3) is 0.625. The van der Waals surface area contributed by atoms with E-state index in [0.717, 1.165) is 18.6 Å². The lowest BCUT2D eigenvalue weighted by Gasteiger charge is -2.22. The number of primary sulfonamides is 1. The van der Waals surface area contributed by atoms with Crippen molar-refractivity contribution in [3.8, 4) is 0 Å². The Labute approximate surface area is 139 Å². The minimum atomic E-state index is -4.77. The quantitative estimate of drug-likeness (QED) is 0.857. The lowest BCUT2D eigenvalue weighted by Crippen LogP contribution is -2.20. The minimum Gasteiger partial charge on any atom is -0.382 e. The molecule has 2 unspecified atom stereocenters. The molecule has 2 aliphatic rings. The van der Waals surface area contributed by atoms with Gasteiger partial charge in [0.15, 0.2) is 0 Å². The smallest absolute Gasteiger partial charge is 0.382 e. The number of anilines is 1. The van der Waals surface area contributed by atoms with Gasteiger partial charge in [-0.25, -0.2) is 13.6 Å². The van der Waals surface area contributed by atoms with Crippen LogP contribution >= 0.6 is 0 Å². The summed E-state index contributed by atoms with van der Waals surface area (Å²) in [6.45, 7) is 0. The Kier molecular flexibility index (Phi) is 4.55. The van der Waals surface area contributed by atoms with Crippen LogP contribution in [-0.2, 0) is 16.2 Å². The molecule has 0 aromatic heterocycles. The number of sulfonamides is 1. The molecule has 2 fully saturated rings. The molecule has 2 atom stereocenters. The number of rotatable bonds is 4. The molecule has 2 saturated carbocycles. The van der Waals surface area contributed by atoms with Gasteiger partial charge in [-0.1, -0.05) is 32.1 Å². The van der Waals surface area contributed by atoms with Crippen molar-refractivity contribution in [3.05, 3.63) is 23.8 Å². The lowest BCUT2D eigenvalue weighted by molar-refractivity contribution is -0.139. The molecule has 2 aliphatic carbocycles. The average molecular weight is 362 g/mol. The van der Waals surface area contributed by atoms with Gasteiger partial charge in [-0.15, -0.1) is 0 Å². The predicted molar refractivity (Wildman–Crippen MR) is 84.9 cm³/mol. The second-order valence-electron chi connectivity index (χ2n) is 6.80. The van der Waals surface area contributed by atoms with Crippen LogP contribution in [0.25, 0.3) is 0 Å². The van der Waals surface area contributed by atoms with Gasteiger partial charge in [-0.2, -0.15) is 13.2 Å². The van der Waals surface area contributed by atoms with Crippen LogP contribution in [0.15, 0.2) is 23.1 Å². The molecular formula is C16H21F3N2O2S. The number of benzene rings is 1. The maximum absolute atomic E-state index is 13.1. The van der Waals surface area contributed by atoms with E-state index in [2.05, 4.69) is 5.32 Å². The summed E-state index contributed by atoms with van der Waals surface area (Å²) in [6.07, 6.45) is 2.31. The Morgan fingerprint density at radius 1 is 1.12 bits per heavy atom. The van der Waals surface area contributed by atoms with E-state index >= 15 is 0 Å². The second kappa shape index (κ2) is 6.22. The molecule has 0 bridgehead atoms.